The SMILES string of the molecule is CCCNC(=O)C(Cc1ccccc1)N(Cc1ccccc1Cl)C(=O)CN(c1ccccc1OC)S(=O)(=O)c1ccc(C)cc1. The monoisotopic (exact) mass is 647 g/mol. The minimum absolute atomic E-state index is 0.0140. The summed E-state index contributed by atoms with van der Waals surface area (Å²) in [5, 5.41) is 3.36. The molecule has 1 unspecified atom stereocenters. The highest BCUT2D eigenvalue weighted by molar-refractivity contribution is 7.92. The second-order valence-corrected chi connectivity index (χ2v) is 12.9. The van der Waals surface area contributed by atoms with Gasteiger partial charge in [-0.3, -0.25) is 13.9 Å². The summed E-state index contributed by atoms with van der Waals surface area (Å²) in [4.78, 5) is 29.7. The predicted molar refractivity (Wildman–Crippen MR) is 178 cm³/mol. The number of hydrogen-bond acceptors (Lipinski definition) is 5. The summed E-state index contributed by atoms with van der Waals surface area (Å²) in [6.07, 6.45) is 0.921. The standard InChI is InChI=1S/C35H38ClN3O5S/c1-4-22-37-35(41)32(23-27-12-6-5-7-13-27)38(24-28-14-8-9-15-30(28)36)34(40)25-39(31-16-10-11-17-33(31)44-3)45(42,43)29-20-18-26(2)19-21-29/h5-21,32H,4,22-25H2,1-3H3,(H,37,41). The fraction of sp³-hybridized carbons (Fsp3) is 0.257. The number of amides is 2. The molecule has 1 atom stereocenters. The number of carbonyl (C=O) groups excluding carboxylic acids is 2. The topological polar surface area (TPSA) is 96.0 Å². The largest absolute Gasteiger partial charge is 0.495 e. The van der Waals surface area contributed by atoms with Crippen LogP contribution in [-0.4, -0.2) is 51.4 Å². The maximum absolute atomic E-state index is 14.5. The quantitative estimate of drug-likeness (QED) is 0.181. The van der Waals surface area contributed by atoms with Crippen LogP contribution in [0.1, 0.15) is 30.0 Å². The van der Waals surface area contributed by atoms with Crippen molar-refractivity contribution >= 4 is 39.1 Å². The van der Waals surface area contributed by atoms with Gasteiger partial charge in [-0.05, 0) is 54.8 Å². The van der Waals surface area contributed by atoms with Crippen LogP contribution in [0.25, 0.3) is 0 Å². The highest BCUT2D eigenvalue weighted by Crippen LogP contribution is 2.33. The molecule has 0 aliphatic rings. The first-order valence-corrected chi connectivity index (χ1v) is 16.5. The van der Waals surface area contributed by atoms with E-state index < -0.39 is 28.5 Å². The number of anilines is 1. The van der Waals surface area contributed by atoms with Gasteiger partial charge in [0, 0.05) is 24.5 Å². The molecular weight excluding hydrogens is 610 g/mol. The van der Waals surface area contributed by atoms with E-state index in [2.05, 4.69) is 5.32 Å². The van der Waals surface area contributed by atoms with E-state index >= 15 is 0 Å². The molecule has 0 bridgehead atoms. The van der Waals surface area contributed by atoms with Gasteiger partial charge in [0.2, 0.25) is 11.8 Å². The molecule has 4 aromatic carbocycles. The Morgan fingerprint density at radius 2 is 1.53 bits per heavy atom. The Bertz CT molecular complexity index is 1700. The molecule has 8 nitrogen and oxygen atoms in total. The number of aryl methyl sites for hydroxylation is 1. The van der Waals surface area contributed by atoms with Crippen molar-refractivity contribution < 1.29 is 22.7 Å². The summed E-state index contributed by atoms with van der Waals surface area (Å²) < 4.78 is 35.0. The molecule has 0 saturated carbocycles. The van der Waals surface area contributed by atoms with Gasteiger partial charge in [0.05, 0.1) is 17.7 Å². The third-order valence-electron chi connectivity index (χ3n) is 7.36. The second-order valence-electron chi connectivity index (χ2n) is 10.6. The van der Waals surface area contributed by atoms with E-state index in [1.165, 1.54) is 24.1 Å². The molecule has 4 rings (SSSR count). The molecule has 2 amide bonds. The van der Waals surface area contributed by atoms with Crippen molar-refractivity contribution in [2.24, 2.45) is 0 Å². The van der Waals surface area contributed by atoms with Crippen molar-refractivity contribution in [3.63, 3.8) is 0 Å². The third kappa shape index (κ3) is 8.44. The molecule has 45 heavy (non-hydrogen) atoms. The summed E-state index contributed by atoms with van der Waals surface area (Å²) in [5.41, 5.74) is 2.56. The molecule has 0 radical (unpaired) electrons. The van der Waals surface area contributed by atoms with Crippen molar-refractivity contribution in [3.8, 4) is 5.75 Å². The molecule has 0 aliphatic heterocycles. The Morgan fingerprint density at radius 3 is 2.20 bits per heavy atom. The number of nitrogens with zero attached hydrogens (tertiary/aromatic N) is 2. The number of sulfonamides is 1. The number of nitrogens with one attached hydrogen (secondary N) is 1. The third-order valence-corrected chi connectivity index (χ3v) is 9.50. The molecule has 0 heterocycles. The first kappa shape index (κ1) is 33.6. The van der Waals surface area contributed by atoms with E-state index in [0.29, 0.717) is 23.6 Å². The van der Waals surface area contributed by atoms with Crippen molar-refractivity contribution in [2.45, 2.75) is 44.2 Å². The van der Waals surface area contributed by atoms with Crippen molar-refractivity contribution in [3.05, 3.63) is 125 Å². The predicted octanol–water partition coefficient (Wildman–Crippen LogP) is 6.02. The Hall–Kier alpha value is -4.34. The van der Waals surface area contributed by atoms with Crippen LogP contribution in [0.2, 0.25) is 5.02 Å². The van der Waals surface area contributed by atoms with Crippen LogP contribution in [-0.2, 0) is 32.6 Å². The first-order chi connectivity index (χ1) is 21.6. The molecule has 0 saturated heterocycles. The van der Waals surface area contributed by atoms with E-state index in [4.69, 9.17) is 16.3 Å². The van der Waals surface area contributed by atoms with Crippen LogP contribution in [0.5, 0.6) is 5.75 Å². The summed E-state index contributed by atoms with van der Waals surface area (Å²) in [6.45, 7) is 3.63. The van der Waals surface area contributed by atoms with Crippen LogP contribution in [0, 0.1) is 6.92 Å². The zero-order chi connectivity index (χ0) is 32.4. The summed E-state index contributed by atoms with van der Waals surface area (Å²) in [7, 11) is -2.81. The van der Waals surface area contributed by atoms with E-state index in [9.17, 15) is 18.0 Å². The van der Waals surface area contributed by atoms with Crippen LogP contribution >= 0.6 is 11.6 Å². The number of methoxy groups -OCH3 is 1. The first-order valence-electron chi connectivity index (χ1n) is 14.7. The highest BCUT2D eigenvalue weighted by Gasteiger charge is 2.35. The summed E-state index contributed by atoms with van der Waals surface area (Å²) in [5.74, 6) is -0.643. The normalized spacial score (nSPS) is 11.8. The average Bonchev–Trinajstić information content (AvgIpc) is 3.05. The number of rotatable bonds is 14. The van der Waals surface area contributed by atoms with Gasteiger partial charge in [-0.15, -0.1) is 0 Å². The molecule has 1 N–H and O–H groups in total. The molecule has 0 aromatic heterocycles. The van der Waals surface area contributed by atoms with Crippen molar-refractivity contribution in [1.29, 1.82) is 0 Å². The highest BCUT2D eigenvalue weighted by atomic mass is 35.5. The number of hydrogen-bond donors (Lipinski definition) is 1. The summed E-state index contributed by atoms with van der Waals surface area (Å²) in [6, 6.07) is 28.6. The smallest absolute Gasteiger partial charge is 0.264 e. The van der Waals surface area contributed by atoms with Gasteiger partial charge in [-0.2, -0.15) is 0 Å². The van der Waals surface area contributed by atoms with Crippen LogP contribution in [0.4, 0.5) is 5.69 Å². The van der Waals surface area contributed by atoms with Crippen LogP contribution in [0.15, 0.2) is 108 Å². The van der Waals surface area contributed by atoms with Gasteiger partial charge in [0.1, 0.15) is 18.3 Å². The molecule has 236 valence electrons. The van der Waals surface area contributed by atoms with Gasteiger partial charge >= 0.3 is 0 Å². The van der Waals surface area contributed by atoms with Crippen molar-refractivity contribution in [2.75, 3.05) is 24.5 Å². The molecule has 10 heteroatoms. The average molecular weight is 648 g/mol. The lowest BCUT2D eigenvalue weighted by atomic mass is 10.0. The van der Waals surface area contributed by atoms with Crippen LogP contribution in [0.3, 0.4) is 0 Å². The number of para-hydroxylation sites is 2. The van der Waals surface area contributed by atoms with Crippen molar-refractivity contribution in [1.82, 2.24) is 10.2 Å². The number of halogens is 1. The summed E-state index contributed by atoms with van der Waals surface area (Å²) >= 11 is 6.55. The van der Waals surface area contributed by atoms with E-state index in [-0.39, 0.29) is 35.2 Å². The molecule has 0 spiro atoms. The lowest BCUT2D eigenvalue weighted by Crippen LogP contribution is -2.53. The molecule has 0 aliphatic carbocycles. The van der Waals surface area contributed by atoms with Crippen LogP contribution < -0.4 is 14.4 Å². The minimum Gasteiger partial charge on any atom is -0.495 e. The van der Waals surface area contributed by atoms with Gasteiger partial charge < -0.3 is 15.0 Å². The van der Waals surface area contributed by atoms with Gasteiger partial charge in [-0.25, -0.2) is 8.42 Å². The Balaban J connectivity index is 1.83. The number of benzene rings is 4. The Morgan fingerprint density at radius 1 is 0.889 bits per heavy atom. The van der Waals surface area contributed by atoms with E-state index in [0.717, 1.165) is 15.4 Å². The minimum atomic E-state index is -4.25. The fourth-order valence-electron chi connectivity index (χ4n) is 4.92. The lowest BCUT2D eigenvalue weighted by Gasteiger charge is -2.34. The number of carbonyl (C=O) groups is 2. The zero-order valence-corrected chi connectivity index (χ0v) is 27.2. The molecular formula is C35H38ClN3O5S. The van der Waals surface area contributed by atoms with E-state index in [1.54, 1.807) is 60.7 Å². The van der Waals surface area contributed by atoms with E-state index in [1.807, 2.05) is 44.2 Å². The molecule has 4 aromatic rings. The Labute approximate surface area is 270 Å². The van der Waals surface area contributed by atoms with Gasteiger partial charge in [0.25, 0.3) is 10.0 Å². The number of ether oxygens (including phenoxy) is 1. The van der Waals surface area contributed by atoms with Gasteiger partial charge in [-0.1, -0.05) is 96.9 Å². The lowest BCUT2D eigenvalue weighted by molar-refractivity contribution is -0.140. The maximum atomic E-state index is 14.5. The van der Waals surface area contributed by atoms with Gasteiger partial charge in [0.15, 0.2) is 0 Å². The second kappa shape index (κ2) is 15.6. The zero-order valence-electron chi connectivity index (χ0n) is 25.6. The Kier molecular flexibility index (Phi) is 11.6. The molecule has 0 fully saturated rings. The maximum Gasteiger partial charge on any atom is 0.264 e. The fourth-order valence-corrected chi connectivity index (χ4v) is 6.54.